The Morgan fingerprint density at radius 2 is 1.91 bits per heavy atom. The van der Waals surface area contributed by atoms with Gasteiger partial charge in [0, 0.05) is 30.3 Å². The minimum Gasteiger partial charge on any atom is -0.465 e. The number of carbonyl (C=O) groups is 3. The van der Waals surface area contributed by atoms with Crippen LogP contribution >= 0.6 is 11.8 Å². The minimum absolute atomic E-state index is 0.0153. The Morgan fingerprint density at radius 1 is 1.09 bits per heavy atom. The van der Waals surface area contributed by atoms with E-state index in [1.807, 2.05) is 6.92 Å². The van der Waals surface area contributed by atoms with Gasteiger partial charge < -0.3 is 39.2 Å². The zero-order valence-corrected chi connectivity index (χ0v) is 27.1. The highest BCUT2D eigenvalue weighted by Gasteiger charge is 2.73. The lowest BCUT2D eigenvalue weighted by Gasteiger charge is -2.66. The molecular weight excluding hydrogens is 602 g/mol. The molecule has 8 rings (SSSR count). The van der Waals surface area contributed by atoms with Crippen molar-refractivity contribution in [3.05, 3.63) is 11.6 Å². The average Bonchev–Trinajstić information content (AvgIpc) is 3.65. The Balaban J connectivity index is 1.13. The molecule has 248 valence electrons. The van der Waals surface area contributed by atoms with Crippen LogP contribution in [0.15, 0.2) is 11.6 Å². The van der Waals surface area contributed by atoms with Gasteiger partial charge in [0.2, 0.25) is 12.2 Å². The molecule has 0 bridgehead atoms. The van der Waals surface area contributed by atoms with Gasteiger partial charge in [0.05, 0.1) is 36.3 Å². The summed E-state index contributed by atoms with van der Waals surface area (Å²) in [6, 6.07) is 0. The van der Waals surface area contributed by atoms with E-state index in [9.17, 15) is 24.6 Å². The van der Waals surface area contributed by atoms with Crippen LogP contribution in [0.4, 0.5) is 0 Å². The molecule has 45 heavy (non-hydrogen) atoms. The van der Waals surface area contributed by atoms with E-state index in [0.717, 1.165) is 37.7 Å². The van der Waals surface area contributed by atoms with E-state index >= 15 is 0 Å². The van der Waals surface area contributed by atoms with Gasteiger partial charge >= 0.3 is 11.9 Å². The molecule has 3 N–H and O–H groups in total. The van der Waals surface area contributed by atoms with Crippen molar-refractivity contribution >= 4 is 29.6 Å². The van der Waals surface area contributed by atoms with Crippen LogP contribution < -0.4 is 5.32 Å². The van der Waals surface area contributed by atoms with Crippen molar-refractivity contribution in [2.24, 2.45) is 34.5 Å². The number of aliphatic hydroxyl groups is 2. The first-order valence-electron chi connectivity index (χ1n) is 16.7. The summed E-state index contributed by atoms with van der Waals surface area (Å²) in [4.78, 5) is 35.7. The third kappa shape index (κ3) is 4.17. The largest absolute Gasteiger partial charge is 0.465 e. The topological polar surface area (TPSA) is 150 Å². The van der Waals surface area contributed by atoms with Crippen molar-refractivity contribution in [3.8, 4) is 0 Å². The molecule has 13 atom stereocenters. The number of hydrogen-bond donors (Lipinski definition) is 3. The molecule has 4 aliphatic carbocycles. The fraction of sp³-hybridized carbons (Fsp3) is 0.848. The molecule has 0 aromatic heterocycles. The fourth-order valence-corrected chi connectivity index (χ4v) is 12.8. The first-order chi connectivity index (χ1) is 21.3. The van der Waals surface area contributed by atoms with Crippen LogP contribution in [0.1, 0.15) is 78.6 Å². The lowest BCUT2D eigenvalue weighted by molar-refractivity contribution is -0.449. The third-order valence-electron chi connectivity index (χ3n) is 13.5. The number of esters is 2. The number of hydrogen-bond acceptors (Lipinski definition) is 11. The third-order valence-corrected chi connectivity index (χ3v) is 14.9. The second-order valence-electron chi connectivity index (χ2n) is 15.4. The predicted molar refractivity (Wildman–Crippen MR) is 159 cm³/mol. The molecule has 8 aliphatic rings. The lowest BCUT2D eigenvalue weighted by atomic mass is 9.42. The van der Waals surface area contributed by atoms with E-state index in [0.29, 0.717) is 32.3 Å². The van der Waals surface area contributed by atoms with Crippen molar-refractivity contribution in [2.75, 3.05) is 19.0 Å². The van der Waals surface area contributed by atoms with E-state index in [1.165, 1.54) is 18.7 Å². The van der Waals surface area contributed by atoms with Gasteiger partial charge in [-0.1, -0.05) is 6.92 Å². The van der Waals surface area contributed by atoms with Gasteiger partial charge in [0.25, 0.3) is 5.79 Å². The van der Waals surface area contributed by atoms with Gasteiger partial charge in [0.1, 0.15) is 11.5 Å². The first-order valence-corrected chi connectivity index (χ1v) is 17.7. The van der Waals surface area contributed by atoms with Crippen LogP contribution in [-0.4, -0.2) is 87.9 Å². The zero-order chi connectivity index (χ0) is 31.6. The highest BCUT2D eigenvalue weighted by molar-refractivity contribution is 8.01. The summed E-state index contributed by atoms with van der Waals surface area (Å²) in [6.45, 7) is 6.06. The second kappa shape index (κ2) is 10.2. The number of rotatable bonds is 3. The monoisotopic (exact) mass is 647 g/mol. The summed E-state index contributed by atoms with van der Waals surface area (Å²) in [5.41, 5.74) is -0.821. The quantitative estimate of drug-likeness (QED) is 0.307. The van der Waals surface area contributed by atoms with Gasteiger partial charge in [-0.25, -0.2) is 4.79 Å². The molecule has 1 spiro atoms. The summed E-state index contributed by atoms with van der Waals surface area (Å²) >= 11 is 1.34. The molecule has 4 aliphatic heterocycles. The molecule has 0 unspecified atom stereocenters. The van der Waals surface area contributed by atoms with E-state index in [1.54, 1.807) is 6.08 Å². The molecule has 7 fully saturated rings. The summed E-state index contributed by atoms with van der Waals surface area (Å²) in [7, 11) is 0. The highest BCUT2D eigenvalue weighted by atomic mass is 32.2. The molecule has 0 aromatic carbocycles. The molecule has 12 heteroatoms. The first kappa shape index (κ1) is 30.6. The second-order valence-corrected chi connectivity index (χ2v) is 16.7. The van der Waals surface area contributed by atoms with Gasteiger partial charge in [-0.05, 0) is 87.5 Å². The number of nitrogens with one attached hydrogen (secondary N) is 1. The molecule has 4 saturated carbocycles. The van der Waals surface area contributed by atoms with Gasteiger partial charge in [-0.2, -0.15) is 0 Å². The van der Waals surface area contributed by atoms with E-state index < -0.39 is 39.5 Å². The molecule has 0 radical (unpaired) electrons. The van der Waals surface area contributed by atoms with E-state index in [4.69, 9.17) is 23.7 Å². The van der Waals surface area contributed by atoms with Crippen molar-refractivity contribution in [3.63, 3.8) is 0 Å². The fourth-order valence-electron chi connectivity index (χ4n) is 11.5. The van der Waals surface area contributed by atoms with Gasteiger partial charge in [-0.3, -0.25) is 9.59 Å². The Morgan fingerprint density at radius 3 is 2.62 bits per heavy atom. The maximum absolute atomic E-state index is 12.7. The Kier molecular flexibility index (Phi) is 6.91. The van der Waals surface area contributed by atoms with Crippen LogP contribution in [-0.2, 0) is 38.1 Å². The Labute approximate surface area is 267 Å². The number of carbonyl (C=O) groups excluding carboxylic acids is 3. The van der Waals surface area contributed by atoms with Crippen molar-refractivity contribution in [1.82, 2.24) is 5.32 Å². The summed E-state index contributed by atoms with van der Waals surface area (Å²) in [6.07, 6.45) is 5.82. The Hall–Kier alpha value is -1.70. The zero-order valence-electron chi connectivity index (χ0n) is 26.3. The van der Waals surface area contributed by atoms with Gasteiger partial charge in [-0.15, -0.1) is 11.8 Å². The van der Waals surface area contributed by atoms with Crippen LogP contribution in [0.25, 0.3) is 0 Å². The smallest absolute Gasteiger partial charge is 0.331 e. The molecular formula is C33H45NO10S. The van der Waals surface area contributed by atoms with Crippen LogP contribution in [0, 0.1) is 34.5 Å². The van der Waals surface area contributed by atoms with Crippen LogP contribution in [0.3, 0.4) is 0 Å². The number of cyclic esters (lactones) is 1. The van der Waals surface area contributed by atoms with E-state index in [2.05, 4.69) is 12.2 Å². The van der Waals surface area contributed by atoms with Gasteiger partial charge in [0.15, 0.2) is 0 Å². The van der Waals surface area contributed by atoms with Crippen LogP contribution in [0.2, 0.25) is 0 Å². The van der Waals surface area contributed by atoms with Crippen LogP contribution in [0.5, 0.6) is 0 Å². The SMILES string of the molecule is CC(=O)OC[C@]12C[C@H]3O[C@]4(O)[C@@H](O[C@H](C)C[C@@]45NC(=O)CS5)O[C@@H]3C[C@@H]1CC[C@@H]1[C@@H]2CC[C@]2(C)[C@@H](C3=CC(=O)OC3)CC[C@]12O. The molecule has 1 amide bonds. The summed E-state index contributed by atoms with van der Waals surface area (Å²) in [5.74, 6) is -2.18. The normalized spacial score (nSPS) is 53.3. The number of thioether (sulfide) groups is 1. The molecule has 0 aromatic rings. The standard InChI is InChI=1S/C33H45NO10S/c1-17-12-32(34-26(36)15-45-32)33(39)28(42-17)43-24-11-20-4-5-23-22(30(20,13-25(24)44-33)16-41-18(2)35)6-8-29(3)21(7-9-31(23,29)38)19-10-27(37)40-14-19/h10,17,20-25,28,38-39H,4-9,11-16H2,1-3H3,(H,34,36)/t17-,20+,21-,22+,23-,24-,25-,28+,29-,30-,31+,32+,33-/m1/s1. The number of fused-ring (bicyclic) bond motifs is 8. The molecule has 4 heterocycles. The highest BCUT2D eigenvalue weighted by Crippen LogP contribution is 2.71. The predicted octanol–water partition coefficient (Wildman–Crippen LogP) is 2.56. The maximum atomic E-state index is 12.7. The van der Waals surface area contributed by atoms with Crippen molar-refractivity contribution in [1.29, 1.82) is 0 Å². The average molecular weight is 648 g/mol. The molecule has 3 saturated heterocycles. The number of ether oxygens (including phenoxy) is 5. The Bertz CT molecular complexity index is 1340. The maximum Gasteiger partial charge on any atom is 0.331 e. The van der Waals surface area contributed by atoms with E-state index in [-0.39, 0.29) is 66.1 Å². The minimum atomic E-state index is -1.89. The van der Waals surface area contributed by atoms with Crippen molar-refractivity contribution < 1.29 is 48.3 Å². The summed E-state index contributed by atoms with van der Waals surface area (Å²) in [5, 5.41) is 28.0. The number of amides is 1. The van der Waals surface area contributed by atoms with Crippen molar-refractivity contribution in [2.45, 2.75) is 119 Å². The molecule has 11 nitrogen and oxygen atoms in total. The summed E-state index contributed by atoms with van der Waals surface area (Å²) < 4.78 is 30.6. The lowest BCUT2D eigenvalue weighted by Crippen LogP contribution is -2.76.